The van der Waals surface area contributed by atoms with Crippen molar-refractivity contribution >= 4 is 46.4 Å². The first-order valence-corrected chi connectivity index (χ1v) is 12.8. The monoisotopic (exact) mass is 551 g/mol. The van der Waals surface area contributed by atoms with Crippen molar-refractivity contribution < 1.29 is 28.6 Å². The summed E-state index contributed by atoms with van der Waals surface area (Å²) in [7, 11) is 0. The standard InChI is InChI=1S/C29H23ClFNO5S/c1-3-36-29(35)25-26(33)24(38-28(25)32-27(34)21-7-5-4-6-17(21)2)15-19-10-13-23(22(30)14-19)37-16-18-8-11-20(31)12-9-18/h4-15,33H,3,16H2,1-2H3/b24-15-,32-28?. The van der Waals surface area contributed by atoms with Crippen LogP contribution in [0.4, 0.5) is 4.39 Å². The lowest BCUT2D eigenvalue weighted by molar-refractivity contribution is -0.138. The summed E-state index contributed by atoms with van der Waals surface area (Å²) in [6, 6.07) is 18.0. The molecule has 0 aromatic heterocycles. The summed E-state index contributed by atoms with van der Waals surface area (Å²) in [5.74, 6) is -1.55. The van der Waals surface area contributed by atoms with Gasteiger partial charge in [-0.1, -0.05) is 59.8 Å². The van der Waals surface area contributed by atoms with Crippen LogP contribution in [-0.4, -0.2) is 28.6 Å². The van der Waals surface area contributed by atoms with E-state index in [9.17, 15) is 19.1 Å². The highest BCUT2D eigenvalue weighted by atomic mass is 35.5. The maximum atomic E-state index is 13.1. The van der Waals surface area contributed by atoms with Crippen LogP contribution in [0.3, 0.4) is 0 Å². The zero-order chi connectivity index (χ0) is 27.2. The Hall–Kier alpha value is -3.88. The molecule has 1 N–H and O–H groups in total. The maximum Gasteiger partial charge on any atom is 0.344 e. The SMILES string of the molecule is CCOC(=O)C1=C(O)/C(=C/c2ccc(OCc3ccc(F)cc3)c(Cl)c2)SC1=NC(=O)c1ccccc1C. The van der Waals surface area contributed by atoms with E-state index in [0.717, 1.165) is 22.9 Å². The fraction of sp³-hybridized carbons (Fsp3) is 0.138. The number of hydrogen-bond donors (Lipinski definition) is 1. The predicted octanol–water partition coefficient (Wildman–Crippen LogP) is 7.07. The molecule has 0 fully saturated rings. The van der Waals surface area contributed by atoms with Gasteiger partial charge in [-0.15, -0.1) is 0 Å². The molecule has 0 aliphatic carbocycles. The molecule has 1 amide bonds. The number of esters is 1. The van der Waals surface area contributed by atoms with E-state index in [-0.39, 0.29) is 35.4 Å². The molecule has 1 aliphatic heterocycles. The molecular weight excluding hydrogens is 529 g/mol. The summed E-state index contributed by atoms with van der Waals surface area (Å²) >= 11 is 7.39. The summed E-state index contributed by atoms with van der Waals surface area (Å²) in [5.41, 5.74) is 2.36. The molecule has 3 aromatic carbocycles. The summed E-state index contributed by atoms with van der Waals surface area (Å²) in [6.45, 7) is 3.73. The number of rotatable bonds is 7. The Morgan fingerprint density at radius 2 is 1.84 bits per heavy atom. The largest absolute Gasteiger partial charge is 0.506 e. The number of ether oxygens (including phenoxy) is 2. The smallest absolute Gasteiger partial charge is 0.344 e. The fourth-order valence-electron chi connectivity index (χ4n) is 3.57. The van der Waals surface area contributed by atoms with E-state index < -0.39 is 11.9 Å². The van der Waals surface area contributed by atoms with E-state index in [1.54, 1.807) is 68.5 Å². The number of aliphatic hydroxyl groups is 1. The van der Waals surface area contributed by atoms with Crippen molar-refractivity contribution in [1.29, 1.82) is 0 Å². The minimum Gasteiger partial charge on any atom is -0.506 e. The van der Waals surface area contributed by atoms with Crippen molar-refractivity contribution in [3.05, 3.63) is 116 Å². The Balaban J connectivity index is 1.59. The number of benzene rings is 3. The number of carbonyl (C=O) groups excluding carboxylic acids is 2. The highest BCUT2D eigenvalue weighted by molar-refractivity contribution is 8.18. The van der Waals surface area contributed by atoms with Gasteiger partial charge in [0.15, 0.2) is 0 Å². The van der Waals surface area contributed by atoms with Crippen LogP contribution in [0.15, 0.2) is 88.0 Å². The van der Waals surface area contributed by atoms with Gasteiger partial charge in [-0.2, -0.15) is 0 Å². The average molecular weight is 552 g/mol. The Bertz CT molecular complexity index is 1480. The number of aliphatic hydroxyl groups excluding tert-OH is 1. The summed E-state index contributed by atoms with van der Waals surface area (Å²) in [6.07, 6.45) is 1.62. The van der Waals surface area contributed by atoms with Crippen molar-refractivity contribution in [2.75, 3.05) is 6.61 Å². The van der Waals surface area contributed by atoms with Gasteiger partial charge in [0.05, 0.1) is 16.5 Å². The van der Waals surface area contributed by atoms with E-state index in [1.165, 1.54) is 12.1 Å². The molecule has 9 heteroatoms. The molecule has 1 aliphatic rings. The molecule has 194 valence electrons. The minimum atomic E-state index is -0.778. The molecule has 6 nitrogen and oxygen atoms in total. The molecule has 0 saturated carbocycles. The second kappa shape index (κ2) is 12.1. The van der Waals surface area contributed by atoms with Crippen LogP contribution in [0.1, 0.15) is 34.0 Å². The molecule has 0 unspecified atom stereocenters. The first-order valence-electron chi connectivity index (χ1n) is 11.6. The molecule has 38 heavy (non-hydrogen) atoms. The lowest BCUT2D eigenvalue weighted by atomic mass is 10.1. The van der Waals surface area contributed by atoms with Crippen LogP contribution in [-0.2, 0) is 16.1 Å². The quantitative estimate of drug-likeness (QED) is 0.316. The minimum absolute atomic E-state index is 0.0470. The molecule has 0 bridgehead atoms. The molecule has 0 spiro atoms. The van der Waals surface area contributed by atoms with Crippen LogP contribution in [0, 0.1) is 12.7 Å². The molecule has 0 atom stereocenters. The number of hydrogen-bond acceptors (Lipinski definition) is 6. The van der Waals surface area contributed by atoms with Crippen LogP contribution < -0.4 is 4.74 Å². The molecule has 0 radical (unpaired) electrons. The number of aliphatic imine (C=N–C) groups is 1. The average Bonchev–Trinajstić information content (AvgIpc) is 3.19. The third kappa shape index (κ3) is 6.33. The second-order valence-corrected chi connectivity index (χ2v) is 9.63. The van der Waals surface area contributed by atoms with E-state index in [0.29, 0.717) is 26.8 Å². The van der Waals surface area contributed by atoms with Gasteiger partial charge >= 0.3 is 5.97 Å². The van der Waals surface area contributed by atoms with E-state index in [4.69, 9.17) is 21.1 Å². The first-order chi connectivity index (χ1) is 18.3. The van der Waals surface area contributed by atoms with E-state index in [2.05, 4.69) is 4.99 Å². The summed E-state index contributed by atoms with van der Waals surface area (Å²) in [5, 5.41) is 11.3. The summed E-state index contributed by atoms with van der Waals surface area (Å²) in [4.78, 5) is 29.9. The normalized spacial score (nSPS) is 15.3. The molecule has 1 heterocycles. The molecule has 0 saturated heterocycles. The Kier molecular flexibility index (Phi) is 8.66. The highest BCUT2D eigenvalue weighted by Crippen LogP contribution is 2.40. The molecule has 4 rings (SSSR count). The van der Waals surface area contributed by atoms with Crippen LogP contribution in [0.2, 0.25) is 5.02 Å². The van der Waals surface area contributed by atoms with Gasteiger partial charge < -0.3 is 14.6 Å². The third-order valence-electron chi connectivity index (χ3n) is 5.51. The van der Waals surface area contributed by atoms with Crippen LogP contribution in [0.25, 0.3) is 6.08 Å². The van der Waals surface area contributed by atoms with Crippen molar-refractivity contribution in [3.63, 3.8) is 0 Å². The third-order valence-corrected chi connectivity index (χ3v) is 6.83. The number of carbonyl (C=O) groups is 2. The number of amides is 1. The van der Waals surface area contributed by atoms with Gasteiger partial charge in [-0.3, -0.25) is 4.79 Å². The van der Waals surface area contributed by atoms with Gasteiger partial charge in [0.2, 0.25) is 0 Å². The van der Waals surface area contributed by atoms with E-state index in [1.807, 2.05) is 6.07 Å². The lowest BCUT2D eigenvalue weighted by Gasteiger charge is -2.09. The topological polar surface area (TPSA) is 85.2 Å². The summed E-state index contributed by atoms with van der Waals surface area (Å²) < 4.78 is 23.9. The Morgan fingerprint density at radius 1 is 1.11 bits per heavy atom. The zero-order valence-electron chi connectivity index (χ0n) is 20.5. The van der Waals surface area contributed by atoms with Crippen LogP contribution >= 0.6 is 23.4 Å². The second-order valence-electron chi connectivity index (χ2n) is 8.20. The predicted molar refractivity (Wildman–Crippen MR) is 147 cm³/mol. The van der Waals surface area contributed by atoms with Crippen molar-refractivity contribution in [2.24, 2.45) is 4.99 Å². The highest BCUT2D eigenvalue weighted by Gasteiger charge is 2.34. The van der Waals surface area contributed by atoms with Gasteiger partial charge in [-0.05, 0) is 66.9 Å². The first kappa shape index (κ1) is 27.2. The number of thioether (sulfide) groups is 1. The Morgan fingerprint density at radius 3 is 2.53 bits per heavy atom. The molecule has 3 aromatic rings. The lowest BCUT2D eigenvalue weighted by Crippen LogP contribution is -2.14. The van der Waals surface area contributed by atoms with Crippen LogP contribution in [0.5, 0.6) is 5.75 Å². The van der Waals surface area contributed by atoms with Gasteiger partial charge in [0.1, 0.15) is 34.5 Å². The van der Waals surface area contributed by atoms with Crippen molar-refractivity contribution in [1.82, 2.24) is 0 Å². The maximum absolute atomic E-state index is 13.1. The van der Waals surface area contributed by atoms with Crippen molar-refractivity contribution in [2.45, 2.75) is 20.5 Å². The van der Waals surface area contributed by atoms with Gasteiger partial charge in [0.25, 0.3) is 5.91 Å². The van der Waals surface area contributed by atoms with Gasteiger partial charge in [0, 0.05) is 5.56 Å². The zero-order valence-corrected chi connectivity index (χ0v) is 22.1. The number of halogens is 2. The molecular formula is C29H23ClFNO5S. The van der Waals surface area contributed by atoms with Crippen molar-refractivity contribution in [3.8, 4) is 5.75 Å². The van der Waals surface area contributed by atoms with E-state index >= 15 is 0 Å². The number of aryl methyl sites for hydroxylation is 1. The fourth-order valence-corrected chi connectivity index (χ4v) is 4.83. The number of nitrogens with zero attached hydrogens (tertiary/aromatic N) is 1. The van der Waals surface area contributed by atoms with Gasteiger partial charge in [-0.25, -0.2) is 14.2 Å². The Labute approximate surface area is 228 Å².